The molecule has 0 spiro atoms. The Hall–Kier alpha value is -1.42. The van der Waals surface area contributed by atoms with Crippen molar-refractivity contribution in [1.82, 2.24) is 4.98 Å². The van der Waals surface area contributed by atoms with E-state index in [0.717, 1.165) is 11.3 Å². The second kappa shape index (κ2) is 8.13. The van der Waals surface area contributed by atoms with Gasteiger partial charge in [0.15, 0.2) is 5.83 Å². The van der Waals surface area contributed by atoms with Gasteiger partial charge < -0.3 is 4.84 Å². The first-order valence-corrected chi connectivity index (χ1v) is 8.34. The molecule has 0 N–H and O–H groups in total. The lowest BCUT2D eigenvalue weighted by molar-refractivity contribution is 0.160. The second-order valence-corrected chi connectivity index (χ2v) is 7.13. The average Bonchev–Trinajstić information content (AvgIpc) is 2.90. The summed E-state index contributed by atoms with van der Waals surface area (Å²) in [5.41, 5.74) is 0. The molecule has 0 saturated heterocycles. The second-order valence-electron chi connectivity index (χ2n) is 3.74. The Labute approximate surface area is 124 Å². The van der Waals surface area contributed by atoms with E-state index >= 15 is 0 Å². The molecule has 0 saturated carbocycles. The topological polar surface area (TPSA) is 68.6 Å². The van der Waals surface area contributed by atoms with Crippen LogP contribution in [0.3, 0.4) is 0 Å². The quantitative estimate of drug-likeness (QED) is 0.538. The first-order chi connectivity index (χ1) is 9.86. The van der Waals surface area contributed by atoms with E-state index in [1.165, 1.54) is 12.4 Å². The summed E-state index contributed by atoms with van der Waals surface area (Å²) >= 11 is 0.886. The lowest BCUT2D eigenvalue weighted by atomic mass is 10.4. The van der Waals surface area contributed by atoms with Crippen LogP contribution in [-0.4, -0.2) is 32.0 Å². The third kappa shape index (κ3) is 5.84. The fourth-order valence-electron chi connectivity index (χ4n) is 1.19. The van der Waals surface area contributed by atoms with Crippen LogP contribution in [0.5, 0.6) is 0 Å². The van der Waals surface area contributed by atoms with Crippen molar-refractivity contribution in [3.63, 3.8) is 0 Å². The number of aromatic nitrogens is 1. The van der Waals surface area contributed by atoms with Crippen molar-refractivity contribution in [1.29, 1.82) is 0 Å². The minimum Gasteiger partial charge on any atom is -0.396 e. The highest BCUT2D eigenvalue weighted by Gasteiger charge is 2.20. The van der Waals surface area contributed by atoms with E-state index in [4.69, 9.17) is 4.84 Å². The van der Waals surface area contributed by atoms with Gasteiger partial charge in [-0.05, 0) is 6.92 Å². The molecule has 1 rings (SSSR count). The fourth-order valence-corrected chi connectivity index (χ4v) is 3.70. The maximum absolute atomic E-state index is 12.6. The van der Waals surface area contributed by atoms with Gasteiger partial charge >= 0.3 is 6.08 Å². The molecule has 0 fully saturated rings. The SMILES string of the molecule is CCO/N=C/Cc1cnc(S(=O)(=O)CCC(F)=C(F)F)s1. The van der Waals surface area contributed by atoms with E-state index in [0.29, 0.717) is 17.9 Å². The van der Waals surface area contributed by atoms with Crippen LogP contribution in [0.15, 0.2) is 27.6 Å². The highest BCUT2D eigenvalue weighted by Crippen LogP contribution is 2.22. The Morgan fingerprint density at radius 1 is 1.48 bits per heavy atom. The molecule has 10 heteroatoms. The third-order valence-corrected chi connectivity index (χ3v) is 5.37. The Morgan fingerprint density at radius 3 is 2.81 bits per heavy atom. The van der Waals surface area contributed by atoms with E-state index in [-0.39, 0.29) is 4.34 Å². The van der Waals surface area contributed by atoms with Crippen LogP contribution in [0, 0.1) is 0 Å². The van der Waals surface area contributed by atoms with Gasteiger partial charge in [-0.25, -0.2) is 17.8 Å². The highest BCUT2D eigenvalue weighted by atomic mass is 32.2. The molecule has 0 aliphatic carbocycles. The van der Waals surface area contributed by atoms with Gasteiger partial charge in [0.1, 0.15) is 6.61 Å². The number of halogens is 3. The number of oxime groups is 1. The maximum Gasteiger partial charge on any atom is 0.301 e. The van der Waals surface area contributed by atoms with Gasteiger partial charge in [-0.1, -0.05) is 5.16 Å². The van der Waals surface area contributed by atoms with Gasteiger partial charge in [0, 0.05) is 30.1 Å². The first-order valence-electron chi connectivity index (χ1n) is 5.87. The number of hydrogen-bond donors (Lipinski definition) is 0. The molecule has 0 radical (unpaired) electrons. The molecule has 0 aliphatic rings. The summed E-state index contributed by atoms with van der Waals surface area (Å²) in [4.78, 5) is 9.06. The average molecular weight is 342 g/mol. The molecule has 0 bridgehead atoms. The van der Waals surface area contributed by atoms with E-state index in [2.05, 4.69) is 10.1 Å². The smallest absolute Gasteiger partial charge is 0.301 e. The van der Waals surface area contributed by atoms with Crippen LogP contribution in [-0.2, 0) is 21.1 Å². The van der Waals surface area contributed by atoms with E-state index in [1.807, 2.05) is 0 Å². The van der Waals surface area contributed by atoms with Gasteiger partial charge in [0.05, 0.1) is 5.75 Å². The molecular formula is C11H13F3N2O3S2. The van der Waals surface area contributed by atoms with Crippen LogP contribution in [0.25, 0.3) is 0 Å². The predicted molar refractivity (Wildman–Crippen MR) is 73.0 cm³/mol. The molecule has 1 aromatic rings. The number of sulfone groups is 1. The van der Waals surface area contributed by atoms with Crippen LogP contribution in [0.4, 0.5) is 13.2 Å². The number of allylic oxidation sites excluding steroid dienone is 1. The molecule has 0 unspecified atom stereocenters. The van der Waals surface area contributed by atoms with Crippen molar-refractivity contribution >= 4 is 27.4 Å². The minimum absolute atomic E-state index is 0.227. The molecule has 21 heavy (non-hydrogen) atoms. The van der Waals surface area contributed by atoms with Gasteiger partial charge in [-0.2, -0.15) is 8.78 Å². The summed E-state index contributed by atoms with van der Waals surface area (Å²) < 4.78 is 59.8. The van der Waals surface area contributed by atoms with Gasteiger partial charge in [-0.15, -0.1) is 11.3 Å². The first kappa shape index (κ1) is 17.6. The van der Waals surface area contributed by atoms with Crippen molar-refractivity contribution < 1.29 is 26.4 Å². The molecule has 0 aliphatic heterocycles. The zero-order valence-corrected chi connectivity index (χ0v) is 12.7. The molecule has 0 atom stereocenters. The Bertz CT molecular complexity index is 622. The lowest BCUT2D eigenvalue weighted by Gasteiger charge is -1.98. The fraction of sp³-hybridized carbons (Fsp3) is 0.455. The molecule has 5 nitrogen and oxygen atoms in total. The van der Waals surface area contributed by atoms with Crippen molar-refractivity contribution in [3.8, 4) is 0 Å². The Kier molecular flexibility index (Phi) is 6.82. The van der Waals surface area contributed by atoms with E-state index in [1.54, 1.807) is 6.92 Å². The standard InChI is InChI=1S/C11H13F3N2O3S2/c1-2-19-16-5-3-8-7-15-11(20-8)21(17,18)6-4-9(12)10(13)14/h5,7H,2-4,6H2,1H3/b16-5+. The third-order valence-electron chi connectivity index (χ3n) is 2.16. The molecule has 0 aromatic carbocycles. The highest BCUT2D eigenvalue weighted by molar-refractivity contribution is 7.93. The molecule has 118 valence electrons. The maximum atomic E-state index is 12.6. The summed E-state index contributed by atoms with van der Waals surface area (Å²) in [7, 11) is -3.88. The van der Waals surface area contributed by atoms with Crippen LogP contribution < -0.4 is 0 Å². The molecule has 0 amide bonds. The van der Waals surface area contributed by atoms with Gasteiger partial charge in [-0.3, -0.25) is 0 Å². The molecule has 1 heterocycles. The van der Waals surface area contributed by atoms with Gasteiger partial charge in [0.2, 0.25) is 14.2 Å². The molecular weight excluding hydrogens is 329 g/mol. The minimum atomic E-state index is -3.88. The van der Waals surface area contributed by atoms with E-state index in [9.17, 15) is 21.6 Å². The summed E-state index contributed by atoms with van der Waals surface area (Å²) in [6.07, 6.45) is -0.241. The van der Waals surface area contributed by atoms with Crippen molar-refractivity contribution in [2.75, 3.05) is 12.4 Å². The zero-order valence-electron chi connectivity index (χ0n) is 11.1. The lowest BCUT2D eigenvalue weighted by Crippen LogP contribution is -2.06. The van der Waals surface area contributed by atoms with E-state index < -0.39 is 33.9 Å². The van der Waals surface area contributed by atoms with Gasteiger partial charge in [0.25, 0.3) is 0 Å². The van der Waals surface area contributed by atoms with Crippen molar-refractivity contribution in [2.24, 2.45) is 5.16 Å². The number of thiazole rings is 1. The number of hydrogen-bond acceptors (Lipinski definition) is 6. The Balaban J connectivity index is 2.68. The van der Waals surface area contributed by atoms with Crippen LogP contribution >= 0.6 is 11.3 Å². The zero-order chi connectivity index (χ0) is 15.9. The number of nitrogens with zero attached hydrogens (tertiary/aromatic N) is 2. The normalized spacial score (nSPS) is 11.8. The van der Waals surface area contributed by atoms with Crippen LogP contribution in [0.1, 0.15) is 18.2 Å². The summed E-state index contributed by atoms with van der Waals surface area (Å²) in [5.74, 6) is -2.48. The van der Waals surface area contributed by atoms with Crippen molar-refractivity contribution in [3.05, 3.63) is 23.0 Å². The summed E-state index contributed by atoms with van der Waals surface area (Å²) in [6.45, 7) is 2.19. The largest absolute Gasteiger partial charge is 0.396 e. The monoisotopic (exact) mass is 342 g/mol. The number of rotatable bonds is 8. The summed E-state index contributed by atoms with van der Waals surface area (Å²) in [5, 5.41) is 3.60. The molecule has 1 aromatic heterocycles. The predicted octanol–water partition coefficient (Wildman–Crippen LogP) is 2.95. The Morgan fingerprint density at radius 2 is 2.19 bits per heavy atom. The van der Waals surface area contributed by atoms with Crippen LogP contribution in [0.2, 0.25) is 0 Å². The van der Waals surface area contributed by atoms with Crippen molar-refractivity contribution in [2.45, 2.75) is 24.1 Å². The summed E-state index contributed by atoms with van der Waals surface area (Å²) in [6, 6.07) is 0.